The zero-order valence-corrected chi connectivity index (χ0v) is 19.7. The molecule has 1 aromatic heterocycles. The number of carbonyl (C=O) groups is 2. The lowest BCUT2D eigenvalue weighted by Gasteiger charge is -2.20. The van der Waals surface area contributed by atoms with Crippen LogP contribution < -0.4 is 0 Å². The van der Waals surface area contributed by atoms with Gasteiger partial charge in [-0.2, -0.15) is 15.1 Å². The molecule has 2 aromatic rings. The van der Waals surface area contributed by atoms with Gasteiger partial charge >= 0.3 is 0 Å². The normalized spacial score (nSPS) is 19.1. The van der Waals surface area contributed by atoms with Crippen molar-refractivity contribution >= 4 is 45.7 Å². The monoisotopic (exact) mass is 478 g/mol. The smallest absolute Gasteiger partial charge is 0.283 e. The van der Waals surface area contributed by atoms with Crippen LogP contribution in [0.1, 0.15) is 36.2 Å². The van der Waals surface area contributed by atoms with E-state index in [2.05, 4.69) is 10.1 Å². The number of hydrogen-bond acceptors (Lipinski definition) is 5. The lowest BCUT2D eigenvalue weighted by Crippen LogP contribution is -2.35. The summed E-state index contributed by atoms with van der Waals surface area (Å²) in [6.45, 7) is 5.21. The van der Waals surface area contributed by atoms with Crippen molar-refractivity contribution < 1.29 is 14.0 Å². The van der Waals surface area contributed by atoms with Crippen LogP contribution in [-0.2, 0) is 9.59 Å². The van der Waals surface area contributed by atoms with Crippen LogP contribution in [0.15, 0.2) is 46.0 Å². The Hall–Kier alpha value is -3.53. The molecule has 2 amide bonds. The van der Waals surface area contributed by atoms with Gasteiger partial charge in [-0.25, -0.2) is 4.39 Å². The summed E-state index contributed by atoms with van der Waals surface area (Å²) in [5.74, 6) is -0.986. The number of halogens is 1. The summed E-state index contributed by atoms with van der Waals surface area (Å²) in [5, 5.41) is 15.1. The highest BCUT2D eigenvalue weighted by molar-refractivity contribution is 8.27. The Bertz CT molecular complexity index is 1320. The first kappa shape index (κ1) is 22.3. The van der Waals surface area contributed by atoms with Gasteiger partial charge in [-0.15, -0.1) is 0 Å². The number of nitrogens with zero attached hydrogens (tertiary/aromatic N) is 5. The number of aliphatic imine (C=N–C) groups is 1. The van der Waals surface area contributed by atoms with Gasteiger partial charge in [0.25, 0.3) is 5.91 Å². The number of aromatic nitrogens is 1. The second-order valence-electron chi connectivity index (χ2n) is 8.39. The van der Waals surface area contributed by atoms with Crippen molar-refractivity contribution in [1.82, 2.24) is 14.5 Å². The summed E-state index contributed by atoms with van der Waals surface area (Å²) in [7, 11) is 0. The maximum atomic E-state index is 14.4. The van der Waals surface area contributed by atoms with Crippen molar-refractivity contribution in [2.75, 3.05) is 13.1 Å². The quantitative estimate of drug-likeness (QED) is 0.675. The third-order valence-electron chi connectivity index (χ3n) is 6.12. The van der Waals surface area contributed by atoms with Crippen LogP contribution in [0.5, 0.6) is 0 Å². The Labute approximate surface area is 200 Å². The lowest BCUT2D eigenvalue weighted by molar-refractivity contribution is -0.128. The Kier molecular flexibility index (Phi) is 5.68. The van der Waals surface area contributed by atoms with E-state index >= 15 is 0 Å². The second-order valence-corrected chi connectivity index (χ2v) is 9.43. The molecule has 0 aliphatic carbocycles. The standard InChI is InChI=1S/C24H23FN6O2S/c1-14-11-16(15(2)30(14)19-8-4-3-7-18(19)25)12-17-22(26)31-24(27-23(17)33)34-20(28-31)13-21(32)29-9-5-6-10-29/h3-4,7-8,11-12,26H,5-6,9-10,13H2,1-2H3. The maximum absolute atomic E-state index is 14.4. The molecule has 0 atom stereocenters. The predicted molar refractivity (Wildman–Crippen MR) is 131 cm³/mol. The Morgan fingerprint density at radius 1 is 1.24 bits per heavy atom. The van der Waals surface area contributed by atoms with Gasteiger partial charge in [0.1, 0.15) is 10.9 Å². The molecule has 5 rings (SSSR count). The first-order chi connectivity index (χ1) is 16.3. The highest BCUT2D eigenvalue weighted by atomic mass is 32.2. The molecular weight excluding hydrogens is 455 g/mol. The van der Waals surface area contributed by atoms with Crippen molar-refractivity contribution in [3.05, 3.63) is 58.7 Å². The van der Waals surface area contributed by atoms with Gasteiger partial charge in [-0.3, -0.25) is 15.0 Å². The number of nitrogens with one attached hydrogen (secondary N) is 1. The van der Waals surface area contributed by atoms with E-state index in [1.807, 2.05) is 24.8 Å². The molecule has 1 aromatic carbocycles. The summed E-state index contributed by atoms with van der Waals surface area (Å²) >= 11 is 1.15. The van der Waals surface area contributed by atoms with Crippen LogP contribution >= 0.6 is 11.8 Å². The van der Waals surface area contributed by atoms with E-state index in [1.165, 1.54) is 11.1 Å². The van der Waals surface area contributed by atoms with Crippen LogP contribution in [0, 0.1) is 25.1 Å². The maximum Gasteiger partial charge on any atom is 0.283 e. The third-order valence-corrected chi connectivity index (χ3v) is 7.03. The number of likely N-dealkylation sites (tertiary alicyclic amines) is 1. The SMILES string of the molecule is Cc1cc(C=C2C(=N)N3N=C(CC(=O)N4CCCC4)SC3=NC2=O)c(C)n1-c1ccccc1F. The van der Waals surface area contributed by atoms with E-state index < -0.39 is 5.91 Å². The molecule has 3 aliphatic heterocycles. The second kappa shape index (κ2) is 8.68. The molecular formula is C24H23FN6O2S. The highest BCUT2D eigenvalue weighted by Gasteiger charge is 2.36. The van der Waals surface area contributed by atoms with Crippen LogP contribution in [0.25, 0.3) is 11.8 Å². The number of carbonyl (C=O) groups excluding carboxylic acids is 2. The van der Waals surface area contributed by atoms with Crippen LogP contribution in [0.2, 0.25) is 0 Å². The molecule has 0 radical (unpaired) electrons. The molecule has 3 aliphatic rings. The number of hydrogen-bond donors (Lipinski definition) is 1. The summed E-state index contributed by atoms with van der Waals surface area (Å²) in [6.07, 6.45) is 3.74. The van der Waals surface area contributed by atoms with Gasteiger partial charge < -0.3 is 9.47 Å². The van der Waals surface area contributed by atoms with E-state index in [4.69, 9.17) is 5.41 Å². The largest absolute Gasteiger partial charge is 0.342 e. The molecule has 1 N–H and O–H groups in total. The molecule has 0 bridgehead atoms. The Balaban J connectivity index is 1.43. The summed E-state index contributed by atoms with van der Waals surface area (Å²) in [4.78, 5) is 31.2. The van der Waals surface area contributed by atoms with E-state index in [0.29, 0.717) is 16.3 Å². The highest BCUT2D eigenvalue weighted by Crippen LogP contribution is 2.31. The van der Waals surface area contributed by atoms with Gasteiger partial charge in [0.05, 0.1) is 17.7 Å². The van der Waals surface area contributed by atoms with Crippen LogP contribution in [0.4, 0.5) is 4.39 Å². The molecule has 0 spiro atoms. The van der Waals surface area contributed by atoms with E-state index in [9.17, 15) is 14.0 Å². The molecule has 1 fully saturated rings. The first-order valence-corrected chi connectivity index (χ1v) is 11.9. The molecule has 34 heavy (non-hydrogen) atoms. The lowest BCUT2D eigenvalue weighted by atomic mass is 10.1. The van der Waals surface area contributed by atoms with Gasteiger partial charge in [0.15, 0.2) is 5.84 Å². The minimum Gasteiger partial charge on any atom is -0.342 e. The number of thioether (sulfide) groups is 1. The van der Waals surface area contributed by atoms with Crippen molar-refractivity contribution in [3.63, 3.8) is 0 Å². The first-order valence-electron chi connectivity index (χ1n) is 11.0. The van der Waals surface area contributed by atoms with Crippen molar-refractivity contribution in [1.29, 1.82) is 5.41 Å². The molecule has 1 saturated heterocycles. The molecule has 174 valence electrons. The number of amidine groups is 2. The summed E-state index contributed by atoms with van der Waals surface area (Å²) in [5.41, 5.74) is 2.73. The number of fused-ring (bicyclic) bond motifs is 1. The van der Waals surface area contributed by atoms with E-state index in [0.717, 1.165) is 49.1 Å². The molecule has 0 saturated carbocycles. The molecule has 4 heterocycles. The summed E-state index contributed by atoms with van der Waals surface area (Å²) < 4.78 is 16.2. The van der Waals surface area contributed by atoms with Crippen LogP contribution in [0.3, 0.4) is 0 Å². The van der Waals surface area contributed by atoms with Crippen molar-refractivity contribution in [3.8, 4) is 5.69 Å². The van der Waals surface area contributed by atoms with E-state index in [1.54, 1.807) is 28.8 Å². The molecule has 0 unspecified atom stereocenters. The minimum atomic E-state index is -0.540. The van der Waals surface area contributed by atoms with Gasteiger partial charge in [0.2, 0.25) is 11.1 Å². The number of aryl methyl sites for hydroxylation is 1. The zero-order valence-electron chi connectivity index (χ0n) is 18.8. The number of para-hydroxylation sites is 1. The van der Waals surface area contributed by atoms with Gasteiger partial charge in [-0.05, 0) is 68.3 Å². The third kappa shape index (κ3) is 3.87. The van der Waals surface area contributed by atoms with Gasteiger partial charge in [0, 0.05) is 24.5 Å². The number of amides is 2. The fraction of sp³-hybridized carbons (Fsp3) is 0.292. The molecule has 8 nitrogen and oxygen atoms in total. The Morgan fingerprint density at radius 2 is 1.97 bits per heavy atom. The zero-order chi connectivity index (χ0) is 24.0. The van der Waals surface area contributed by atoms with E-state index in [-0.39, 0.29) is 34.7 Å². The van der Waals surface area contributed by atoms with Crippen LogP contribution in [-0.4, -0.2) is 55.4 Å². The van der Waals surface area contributed by atoms with Crippen molar-refractivity contribution in [2.45, 2.75) is 33.1 Å². The predicted octanol–water partition coefficient (Wildman–Crippen LogP) is 3.86. The van der Waals surface area contributed by atoms with Crippen molar-refractivity contribution in [2.24, 2.45) is 10.1 Å². The number of hydrazone groups is 1. The minimum absolute atomic E-state index is 0.00148. The number of rotatable bonds is 4. The van der Waals surface area contributed by atoms with Gasteiger partial charge in [-0.1, -0.05) is 12.1 Å². The average Bonchev–Trinajstić information content (AvgIpc) is 3.52. The fourth-order valence-corrected chi connectivity index (χ4v) is 5.28. The fourth-order valence-electron chi connectivity index (χ4n) is 4.40. The summed E-state index contributed by atoms with van der Waals surface area (Å²) in [6, 6.07) is 8.34. The Morgan fingerprint density at radius 3 is 2.71 bits per heavy atom. The average molecular weight is 479 g/mol. The molecule has 10 heteroatoms. The topological polar surface area (TPSA) is 94.1 Å². The number of benzene rings is 1.